The van der Waals surface area contributed by atoms with Gasteiger partial charge in [0.15, 0.2) is 0 Å². The highest BCUT2D eigenvalue weighted by Gasteiger charge is 2.32. The number of ether oxygens (including phenoxy) is 2. The molecule has 226 valence electrons. The lowest BCUT2D eigenvalue weighted by Crippen LogP contribution is -2.43. The zero-order valence-corrected chi connectivity index (χ0v) is 26.0. The van der Waals surface area contributed by atoms with Crippen molar-refractivity contribution in [1.29, 1.82) is 0 Å². The van der Waals surface area contributed by atoms with Gasteiger partial charge in [0, 0.05) is 45.8 Å². The zero-order valence-electron chi connectivity index (χ0n) is 25.2. The number of likely N-dealkylation sites (N-methyl/N-ethyl adjacent to an activating group) is 2. The maximum Gasteiger partial charge on any atom is 0.248 e. The van der Waals surface area contributed by atoms with Crippen molar-refractivity contribution < 1.29 is 22.7 Å². The van der Waals surface area contributed by atoms with Crippen LogP contribution >= 0.6 is 0 Å². The molecule has 1 saturated carbocycles. The molecule has 0 radical (unpaired) electrons. The van der Waals surface area contributed by atoms with Crippen LogP contribution in [0.15, 0.2) is 17.0 Å². The number of sulfonamides is 1. The summed E-state index contributed by atoms with van der Waals surface area (Å²) in [5.74, 6) is 1.32. The Balaban J connectivity index is 1.15. The van der Waals surface area contributed by atoms with Crippen molar-refractivity contribution in [3.05, 3.63) is 23.3 Å². The Bertz CT molecular complexity index is 1080. The third-order valence-corrected chi connectivity index (χ3v) is 11.5. The number of nitrogens with zero attached hydrogens (tertiary/aromatic N) is 4. The summed E-state index contributed by atoms with van der Waals surface area (Å²) >= 11 is 0. The largest absolute Gasteiger partial charge is 0.497 e. The van der Waals surface area contributed by atoms with Crippen LogP contribution in [0.2, 0.25) is 0 Å². The van der Waals surface area contributed by atoms with Gasteiger partial charge >= 0.3 is 0 Å². The number of benzene rings is 1. The summed E-state index contributed by atoms with van der Waals surface area (Å²) in [6.45, 7) is 10.1. The van der Waals surface area contributed by atoms with E-state index in [1.807, 2.05) is 11.9 Å². The molecule has 3 fully saturated rings. The second-order valence-corrected chi connectivity index (χ2v) is 14.1. The second-order valence-electron chi connectivity index (χ2n) is 12.1. The van der Waals surface area contributed by atoms with Crippen LogP contribution in [0.4, 0.5) is 0 Å². The molecule has 0 aromatic heterocycles. The van der Waals surface area contributed by atoms with Crippen LogP contribution < -0.4 is 4.74 Å². The van der Waals surface area contributed by atoms with Gasteiger partial charge in [-0.3, -0.25) is 9.69 Å². The summed E-state index contributed by atoms with van der Waals surface area (Å²) in [4.78, 5) is 20.3. The van der Waals surface area contributed by atoms with Crippen LogP contribution in [0.25, 0.3) is 0 Å². The summed E-state index contributed by atoms with van der Waals surface area (Å²) in [7, 11) is 1.30. The minimum atomic E-state index is -3.68. The molecule has 4 rings (SSSR count). The van der Waals surface area contributed by atoms with E-state index in [4.69, 9.17) is 9.47 Å². The summed E-state index contributed by atoms with van der Waals surface area (Å²) < 4.78 is 38.5. The molecule has 0 bridgehead atoms. The average molecular weight is 579 g/mol. The molecule has 0 spiro atoms. The molecule has 1 amide bonds. The fourth-order valence-corrected chi connectivity index (χ4v) is 8.39. The van der Waals surface area contributed by atoms with Gasteiger partial charge in [-0.25, -0.2) is 8.42 Å². The molecule has 2 saturated heterocycles. The quantitative estimate of drug-likeness (QED) is 0.353. The number of carbonyl (C=O) groups is 1. The van der Waals surface area contributed by atoms with E-state index >= 15 is 0 Å². The molecular formula is C30H50N4O5S. The molecule has 1 aliphatic carbocycles. The summed E-state index contributed by atoms with van der Waals surface area (Å²) in [5, 5.41) is 0. The molecule has 0 N–H and O–H groups in total. The van der Waals surface area contributed by atoms with Gasteiger partial charge in [-0.2, -0.15) is 4.31 Å². The van der Waals surface area contributed by atoms with E-state index in [1.165, 1.54) is 69.1 Å². The van der Waals surface area contributed by atoms with E-state index in [0.717, 1.165) is 24.8 Å². The zero-order chi connectivity index (χ0) is 28.9. The van der Waals surface area contributed by atoms with E-state index in [2.05, 4.69) is 9.80 Å². The highest BCUT2D eigenvalue weighted by Crippen LogP contribution is 2.30. The number of aryl methyl sites for hydroxylation is 2. The van der Waals surface area contributed by atoms with Gasteiger partial charge in [-0.05, 0) is 108 Å². The second kappa shape index (κ2) is 14.0. The number of hydrogen-bond donors (Lipinski definition) is 0. The van der Waals surface area contributed by atoms with Crippen LogP contribution in [0.3, 0.4) is 0 Å². The monoisotopic (exact) mass is 578 g/mol. The lowest BCUT2D eigenvalue weighted by atomic mass is 9.85. The van der Waals surface area contributed by atoms with Gasteiger partial charge < -0.3 is 19.3 Å². The molecule has 10 heteroatoms. The first-order valence-electron chi connectivity index (χ1n) is 15.0. The molecular weight excluding hydrogens is 528 g/mol. The van der Waals surface area contributed by atoms with Gasteiger partial charge in [0.25, 0.3) is 0 Å². The smallest absolute Gasteiger partial charge is 0.248 e. The van der Waals surface area contributed by atoms with Crippen molar-refractivity contribution in [2.24, 2.45) is 5.92 Å². The van der Waals surface area contributed by atoms with Crippen molar-refractivity contribution in [2.45, 2.75) is 75.8 Å². The Morgan fingerprint density at radius 1 is 1.00 bits per heavy atom. The highest BCUT2D eigenvalue weighted by atomic mass is 32.2. The van der Waals surface area contributed by atoms with Crippen molar-refractivity contribution >= 4 is 15.9 Å². The van der Waals surface area contributed by atoms with E-state index < -0.39 is 10.0 Å². The Morgan fingerprint density at radius 2 is 1.65 bits per heavy atom. The van der Waals surface area contributed by atoms with Crippen molar-refractivity contribution in [3.63, 3.8) is 0 Å². The fourth-order valence-electron chi connectivity index (χ4n) is 6.83. The molecule has 1 aromatic carbocycles. The molecule has 3 aliphatic rings. The van der Waals surface area contributed by atoms with Crippen LogP contribution in [0, 0.1) is 19.8 Å². The molecule has 2 heterocycles. The Labute approximate surface area is 241 Å². The van der Waals surface area contributed by atoms with Gasteiger partial charge in [0.2, 0.25) is 15.9 Å². The predicted molar refractivity (Wildman–Crippen MR) is 157 cm³/mol. The molecule has 1 atom stereocenters. The van der Waals surface area contributed by atoms with Crippen LogP contribution in [-0.2, 0) is 19.6 Å². The van der Waals surface area contributed by atoms with E-state index in [9.17, 15) is 13.2 Å². The summed E-state index contributed by atoms with van der Waals surface area (Å²) in [5.41, 5.74) is 1.28. The SMILES string of the molecule is COc1cc(C)c(S(=O)(=O)N(C)CCOCC(=O)N(C)[C@H]2CC[C@@H](CN3CC[C@@H](N4CCCC4)C3)CC2)c(C)c1. The normalized spacial score (nSPS) is 24.6. The van der Waals surface area contributed by atoms with Gasteiger partial charge in [-0.1, -0.05) is 0 Å². The Morgan fingerprint density at radius 3 is 2.27 bits per heavy atom. The average Bonchev–Trinajstić information content (AvgIpc) is 3.62. The van der Waals surface area contributed by atoms with Crippen LogP contribution in [-0.4, -0.2) is 119 Å². The Kier molecular flexibility index (Phi) is 10.9. The van der Waals surface area contributed by atoms with E-state index in [1.54, 1.807) is 40.1 Å². The van der Waals surface area contributed by atoms with Gasteiger partial charge in [0.1, 0.15) is 12.4 Å². The maximum absolute atomic E-state index is 13.2. The molecule has 1 aromatic rings. The molecule has 0 unspecified atom stereocenters. The summed E-state index contributed by atoms with van der Waals surface area (Å²) in [6, 6.07) is 4.47. The molecule has 2 aliphatic heterocycles. The first-order chi connectivity index (χ1) is 19.1. The number of amides is 1. The Hall–Kier alpha value is -1.72. The predicted octanol–water partition coefficient (Wildman–Crippen LogP) is 3.14. The van der Waals surface area contributed by atoms with Crippen LogP contribution in [0.5, 0.6) is 5.75 Å². The van der Waals surface area contributed by atoms with Gasteiger partial charge in [0.05, 0.1) is 18.6 Å². The van der Waals surface area contributed by atoms with E-state index in [-0.39, 0.29) is 31.7 Å². The number of methoxy groups -OCH3 is 1. The molecule has 40 heavy (non-hydrogen) atoms. The number of carbonyl (C=O) groups excluding carboxylic acids is 1. The lowest BCUT2D eigenvalue weighted by molar-refractivity contribution is -0.137. The molecule has 9 nitrogen and oxygen atoms in total. The first kappa shape index (κ1) is 31.2. The topological polar surface area (TPSA) is 82.6 Å². The fraction of sp³-hybridized carbons (Fsp3) is 0.767. The van der Waals surface area contributed by atoms with Crippen LogP contribution in [0.1, 0.15) is 56.1 Å². The van der Waals surface area contributed by atoms with E-state index in [0.29, 0.717) is 21.8 Å². The lowest BCUT2D eigenvalue weighted by Gasteiger charge is -2.36. The minimum Gasteiger partial charge on any atom is -0.497 e. The maximum atomic E-state index is 13.2. The van der Waals surface area contributed by atoms with Gasteiger partial charge in [-0.15, -0.1) is 0 Å². The standard InChI is InChI=1S/C30H50N4O5S/c1-23-18-28(38-5)19-24(2)30(23)40(36,37)31(3)16-17-39-22-29(35)32(4)26-10-8-25(9-11-26)20-33-15-12-27(21-33)34-13-6-7-14-34/h18-19,25-27H,6-17,20-22H2,1-5H3/t25-,26+,27-/m1/s1. The first-order valence-corrected chi connectivity index (χ1v) is 16.5. The highest BCUT2D eigenvalue weighted by molar-refractivity contribution is 7.89. The number of hydrogen-bond acceptors (Lipinski definition) is 7. The minimum absolute atomic E-state index is 0.0312. The summed E-state index contributed by atoms with van der Waals surface area (Å²) in [6.07, 6.45) is 8.45. The van der Waals surface area contributed by atoms with Crippen molar-refractivity contribution in [2.75, 3.05) is 73.7 Å². The van der Waals surface area contributed by atoms with Crippen molar-refractivity contribution in [3.8, 4) is 5.75 Å². The number of likely N-dealkylation sites (tertiary alicyclic amines) is 2. The third kappa shape index (κ3) is 7.56. The third-order valence-electron chi connectivity index (χ3n) is 9.29. The van der Waals surface area contributed by atoms with Crippen molar-refractivity contribution in [1.82, 2.24) is 19.0 Å². The number of rotatable bonds is 12.